The molecule has 0 saturated heterocycles. The zero-order valence-electron chi connectivity index (χ0n) is 7.56. The van der Waals surface area contributed by atoms with Gasteiger partial charge in [-0.2, -0.15) is 0 Å². The van der Waals surface area contributed by atoms with Crippen molar-refractivity contribution in [2.45, 2.75) is 20.3 Å². The van der Waals surface area contributed by atoms with Crippen LogP contribution in [-0.4, -0.2) is 31.9 Å². The van der Waals surface area contributed by atoms with Gasteiger partial charge in [0.2, 0.25) is 0 Å². The van der Waals surface area contributed by atoms with Crippen LogP contribution in [0.1, 0.15) is 20.3 Å². The molecule has 3 heteroatoms. The topological polar surface area (TPSA) is 50.4 Å². The summed E-state index contributed by atoms with van der Waals surface area (Å²) in [5.41, 5.74) is 6.52. The van der Waals surface area contributed by atoms with Crippen LogP contribution in [0.15, 0.2) is 4.99 Å². The van der Waals surface area contributed by atoms with Crippen LogP contribution in [0.4, 0.5) is 0 Å². The lowest BCUT2D eigenvalue weighted by Crippen LogP contribution is -2.24. The van der Waals surface area contributed by atoms with Crippen LogP contribution in [0.5, 0.6) is 0 Å². The third kappa shape index (κ3) is 7.49. The van der Waals surface area contributed by atoms with Gasteiger partial charge in [0.15, 0.2) is 0 Å². The molecule has 0 unspecified atom stereocenters. The molecule has 66 valence electrons. The van der Waals surface area contributed by atoms with E-state index in [4.69, 9.17) is 5.73 Å². The summed E-state index contributed by atoms with van der Waals surface area (Å²) in [4.78, 5) is 4.33. The molecule has 0 saturated carbocycles. The number of aliphatic imine (C=N–C) groups is 1. The van der Waals surface area contributed by atoms with Crippen molar-refractivity contribution in [2.24, 2.45) is 10.7 Å². The second-order valence-electron chi connectivity index (χ2n) is 2.51. The predicted octanol–water partition coefficient (Wildman–Crippen LogP) is 0.406. The lowest BCUT2D eigenvalue weighted by molar-refractivity contribution is 0.696. The molecular weight excluding hydrogens is 138 g/mol. The van der Waals surface area contributed by atoms with Crippen molar-refractivity contribution in [1.29, 1.82) is 0 Å². The Morgan fingerprint density at radius 2 is 2.18 bits per heavy atom. The highest BCUT2D eigenvalue weighted by molar-refractivity contribution is 5.81. The van der Waals surface area contributed by atoms with Gasteiger partial charge in [0.25, 0.3) is 0 Å². The van der Waals surface area contributed by atoms with Crippen molar-refractivity contribution in [3.05, 3.63) is 0 Å². The fraction of sp³-hybridized carbons (Fsp3) is 0.875. The Morgan fingerprint density at radius 3 is 2.73 bits per heavy atom. The second kappa shape index (κ2) is 7.69. The third-order valence-corrected chi connectivity index (χ3v) is 1.50. The first-order valence-corrected chi connectivity index (χ1v) is 4.22. The molecule has 0 atom stereocenters. The first-order valence-electron chi connectivity index (χ1n) is 4.22. The highest BCUT2D eigenvalue weighted by Crippen LogP contribution is 1.82. The second-order valence-corrected chi connectivity index (χ2v) is 2.51. The molecule has 0 aliphatic heterocycles. The van der Waals surface area contributed by atoms with E-state index in [1.807, 2.05) is 0 Å². The lowest BCUT2D eigenvalue weighted by Gasteiger charge is -1.99. The summed E-state index contributed by atoms with van der Waals surface area (Å²) >= 11 is 0. The molecule has 0 aromatic rings. The Kier molecular flexibility index (Phi) is 7.41. The van der Waals surface area contributed by atoms with Gasteiger partial charge in [-0.15, -0.1) is 0 Å². The first-order chi connectivity index (χ1) is 5.31. The summed E-state index contributed by atoms with van der Waals surface area (Å²) < 4.78 is 0. The van der Waals surface area contributed by atoms with Gasteiger partial charge in [-0.25, -0.2) is 0 Å². The SMILES string of the molecule is CC/C(C)=N/CCNCCN. The lowest BCUT2D eigenvalue weighted by atomic mass is 10.3. The number of hydrogen-bond donors (Lipinski definition) is 2. The smallest absolute Gasteiger partial charge is 0.0513 e. The predicted molar refractivity (Wildman–Crippen MR) is 50.2 cm³/mol. The van der Waals surface area contributed by atoms with Crippen molar-refractivity contribution in [1.82, 2.24) is 5.32 Å². The van der Waals surface area contributed by atoms with Crippen LogP contribution >= 0.6 is 0 Å². The van der Waals surface area contributed by atoms with E-state index in [0.717, 1.165) is 26.1 Å². The fourth-order valence-corrected chi connectivity index (χ4v) is 0.665. The minimum atomic E-state index is 0.705. The summed E-state index contributed by atoms with van der Waals surface area (Å²) in [5.74, 6) is 0. The molecule has 0 bridgehead atoms. The van der Waals surface area contributed by atoms with Crippen LogP contribution in [0, 0.1) is 0 Å². The van der Waals surface area contributed by atoms with Crippen molar-refractivity contribution >= 4 is 5.71 Å². The molecule has 0 aliphatic rings. The van der Waals surface area contributed by atoms with Crippen LogP contribution in [0.25, 0.3) is 0 Å². The van der Waals surface area contributed by atoms with Crippen LogP contribution in [0.3, 0.4) is 0 Å². The minimum absolute atomic E-state index is 0.705. The Balaban J connectivity index is 3.12. The van der Waals surface area contributed by atoms with Crippen molar-refractivity contribution in [2.75, 3.05) is 26.2 Å². The first kappa shape index (κ1) is 10.6. The van der Waals surface area contributed by atoms with Gasteiger partial charge in [-0.1, -0.05) is 6.92 Å². The van der Waals surface area contributed by atoms with Gasteiger partial charge < -0.3 is 11.1 Å². The van der Waals surface area contributed by atoms with E-state index < -0.39 is 0 Å². The summed E-state index contributed by atoms with van der Waals surface area (Å²) in [5, 5.41) is 3.18. The van der Waals surface area contributed by atoms with Crippen LogP contribution in [0.2, 0.25) is 0 Å². The van der Waals surface area contributed by atoms with Gasteiger partial charge in [0.05, 0.1) is 6.54 Å². The average molecular weight is 157 g/mol. The van der Waals surface area contributed by atoms with E-state index in [1.165, 1.54) is 5.71 Å². The number of nitrogens with one attached hydrogen (secondary N) is 1. The monoisotopic (exact) mass is 157 g/mol. The molecule has 0 heterocycles. The molecule has 0 aromatic carbocycles. The number of hydrogen-bond acceptors (Lipinski definition) is 3. The Hall–Kier alpha value is -0.410. The Labute approximate surface area is 69.1 Å². The van der Waals surface area contributed by atoms with Gasteiger partial charge in [0.1, 0.15) is 0 Å². The quantitative estimate of drug-likeness (QED) is 0.433. The van der Waals surface area contributed by atoms with E-state index in [0.29, 0.717) is 6.54 Å². The molecule has 11 heavy (non-hydrogen) atoms. The molecule has 0 spiro atoms. The highest BCUT2D eigenvalue weighted by atomic mass is 14.9. The van der Waals surface area contributed by atoms with Crippen LogP contribution in [-0.2, 0) is 0 Å². The third-order valence-electron chi connectivity index (χ3n) is 1.50. The fourth-order valence-electron chi connectivity index (χ4n) is 0.665. The zero-order valence-corrected chi connectivity index (χ0v) is 7.56. The Morgan fingerprint density at radius 1 is 1.45 bits per heavy atom. The molecule has 0 fully saturated rings. The van der Waals surface area contributed by atoms with Gasteiger partial charge >= 0.3 is 0 Å². The maximum atomic E-state index is 5.30. The van der Waals surface area contributed by atoms with E-state index in [-0.39, 0.29) is 0 Å². The molecule has 0 radical (unpaired) electrons. The van der Waals surface area contributed by atoms with Gasteiger partial charge in [0, 0.05) is 25.3 Å². The van der Waals surface area contributed by atoms with E-state index in [1.54, 1.807) is 0 Å². The van der Waals surface area contributed by atoms with Gasteiger partial charge in [-0.05, 0) is 13.3 Å². The number of nitrogens with zero attached hydrogens (tertiary/aromatic N) is 1. The molecule has 3 N–H and O–H groups in total. The summed E-state index contributed by atoms with van der Waals surface area (Å²) in [6.45, 7) is 7.58. The normalized spacial score (nSPS) is 12.1. The molecule has 0 amide bonds. The summed E-state index contributed by atoms with van der Waals surface area (Å²) in [6.07, 6.45) is 1.05. The van der Waals surface area contributed by atoms with Crippen molar-refractivity contribution in [3.8, 4) is 0 Å². The molecule has 0 aliphatic carbocycles. The largest absolute Gasteiger partial charge is 0.329 e. The van der Waals surface area contributed by atoms with E-state index in [2.05, 4.69) is 24.2 Å². The zero-order chi connectivity index (χ0) is 8.53. The molecular formula is C8H19N3. The minimum Gasteiger partial charge on any atom is -0.329 e. The van der Waals surface area contributed by atoms with Crippen molar-refractivity contribution < 1.29 is 0 Å². The van der Waals surface area contributed by atoms with Gasteiger partial charge in [-0.3, -0.25) is 4.99 Å². The molecule has 0 rings (SSSR count). The Bertz CT molecular complexity index is 110. The maximum Gasteiger partial charge on any atom is 0.0513 e. The van der Waals surface area contributed by atoms with E-state index in [9.17, 15) is 0 Å². The maximum absolute atomic E-state index is 5.30. The summed E-state index contributed by atoms with van der Waals surface area (Å²) in [6, 6.07) is 0. The standard InChI is InChI=1S/C8H19N3/c1-3-8(2)11-7-6-10-5-4-9/h10H,3-7,9H2,1-2H3/b11-8+. The molecule has 3 nitrogen and oxygen atoms in total. The number of nitrogens with two attached hydrogens (primary N) is 1. The van der Waals surface area contributed by atoms with Crippen LogP contribution < -0.4 is 11.1 Å². The highest BCUT2D eigenvalue weighted by Gasteiger charge is 1.85. The van der Waals surface area contributed by atoms with Crippen molar-refractivity contribution in [3.63, 3.8) is 0 Å². The number of rotatable bonds is 6. The average Bonchev–Trinajstić information content (AvgIpc) is 2.04. The van der Waals surface area contributed by atoms with E-state index >= 15 is 0 Å². The summed E-state index contributed by atoms with van der Waals surface area (Å²) in [7, 11) is 0. The molecule has 0 aromatic heterocycles.